The van der Waals surface area contributed by atoms with Crippen LogP contribution in [0.1, 0.15) is 68.1 Å². The van der Waals surface area contributed by atoms with E-state index >= 15 is 0 Å². The third-order valence-electron chi connectivity index (χ3n) is 8.00. The summed E-state index contributed by atoms with van der Waals surface area (Å²) < 4.78 is 17.7. The van der Waals surface area contributed by atoms with E-state index in [1.165, 1.54) is 12.8 Å². The van der Waals surface area contributed by atoms with Gasteiger partial charge in [0, 0.05) is 37.9 Å². The lowest BCUT2D eigenvalue weighted by atomic mass is 9.94. The minimum absolute atomic E-state index is 0.0437. The predicted molar refractivity (Wildman–Crippen MR) is 133 cm³/mol. The summed E-state index contributed by atoms with van der Waals surface area (Å²) in [5.74, 6) is 0.225. The molecular formula is C27H37N3O6. The molecule has 1 aromatic carbocycles. The fourth-order valence-electron chi connectivity index (χ4n) is 5.87. The van der Waals surface area contributed by atoms with Crippen LogP contribution in [0, 0.1) is 5.92 Å². The van der Waals surface area contributed by atoms with Crippen molar-refractivity contribution in [1.29, 1.82) is 0 Å². The van der Waals surface area contributed by atoms with Crippen molar-refractivity contribution in [3.8, 4) is 5.75 Å². The fraction of sp³-hybridized carbons (Fsp3) is 0.667. The lowest BCUT2D eigenvalue weighted by molar-refractivity contribution is -0.134. The zero-order valence-corrected chi connectivity index (χ0v) is 21.0. The van der Waals surface area contributed by atoms with Crippen LogP contribution in [0.2, 0.25) is 0 Å². The first kappa shape index (κ1) is 25.0. The van der Waals surface area contributed by atoms with Crippen LogP contribution in [0.15, 0.2) is 18.2 Å². The van der Waals surface area contributed by atoms with Crippen molar-refractivity contribution in [3.63, 3.8) is 0 Å². The number of hydrogen-bond donors (Lipinski definition) is 2. The third kappa shape index (κ3) is 5.67. The number of rotatable bonds is 5. The van der Waals surface area contributed by atoms with Gasteiger partial charge in [-0.05, 0) is 56.7 Å². The number of ether oxygens (including phenoxy) is 3. The molecule has 0 spiro atoms. The van der Waals surface area contributed by atoms with E-state index in [-0.39, 0.29) is 41.9 Å². The van der Waals surface area contributed by atoms with Gasteiger partial charge in [-0.25, -0.2) is 0 Å². The highest BCUT2D eigenvalue weighted by Crippen LogP contribution is 2.33. The first-order valence-corrected chi connectivity index (χ1v) is 13.4. The van der Waals surface area contributed by atoms with Crippen molar-refractivity contribution in [2.24, 2.45) is 5.92 Å². The number of hydrogen-bond acceptors (Lipinski definition) is 6. The van der Waals surface area contributed by atoms with Crippen molar-refractivity contribution in [1.82, 2.24) is 10.2 Å². The van der Waals surface area contributed by atoms with Crippen molar-refractivity contribution in [2.45, 2.75) is 82.1 Å². The Balaban J connectivity index is 1.22. The second-order valence-corrected chi connectivity index (χ2v) is 10.5. The quantitative estimate of drug-likeness (QED) is 0.645. The summed E-state index contributed by atoms with van der Waals surface area (Å²) >= 11 is 0. The van der Waals surface area contributed by atoms with Gasteiger partial charge in [0.05, 0.1) is 24.1 Å². The average molecular weight is 500 g/mol. The topological polar surface area (TPSA) is 106 Å². The van der Waals surface area contributed by atoms with Crippen molar-refractivity contribution >= 4 is 23.4 Å². The zero-order valence-electron chi connectivity index (χ0n) is 21.0. The maximum atomic E-state index is 13.4. The normalized spacial score (nSPS) is 27.3. The zero-order chi connectivity index (χ0) is 25.1. The number of likely N-dealkylation sites (N-methyl/N-ethyl adjacent to an activating group) is 1. The standard InChI is InChI=1S/C27H37N3O6/c1-30-22-8-7-20(15-25(31)28-18-4-2-3-5-18)36-24(22)16-35-23-9-6-19(14-21(23)27(30)33)29-26(32)17-10-12-34-13-11-17/h6,9,14,17-18,20,22,24H,2-5,7-8,10-13,15-16H2,1H3,(H,28,31)(H,29,32)/t20-,22-,24+/m0/s1. The summed E-state index contributed by atoms with van der Waals surface area (Å²) in [5.41, 5.74) is 1.01. The molecule has 3 atom stereocenters. The number of anilines is 1. The van der Waals surface area contributed by atoms with Gasteiger partial charge in [0.25, 0.3) is 5.91 Å². The number of carbonyl (C=O) groups excluding carboxylic acids is 3. The van der Waals surface area contributed by atoms with Crippen molar-refractivity contribution < 1.29 is 28.6 Å². The van der Waals surface area contributed by atoms with Crippen molar-refractivity contribution in [2.75, 3.05) is 32.2 Å². The molecule has 36 heavy (non-hydrogen) atoms. The highest BCUT2D eigenvalue weighted by molar-refractivity contribution is 6.00. The van der Waals surface area contributed by atoms with Gasteiger partial charge in [-0.15, -0.1) is 0 Å². The Morgan fingerprint density at radius 2 is 1.83 bits per heavy atom. The smallest absolute Gasteiger partial charge is 0.257 e. The number of nitrogens with zero attached hydrogens (tertiary/aromatic N) is 1. The van der Waals surface area contributed by atoms with Crippen LogP contribution in [0.5, 0.6) is 5.75 Å². The molecule has 0 radical (unpaired) electrons. The lowest BCUT2D eigenvalue weighted by Gasteiger charge is -2.42. The monoisotopic (exact) mass is 499 g/mol. The average Bonchev–Trinajstić information content (AvgIpc) is 3.40. The molecular weight excluding hydrogens is 462 g/mol. The minimum atomic E-state index is -0.307. The molecule has 5 rings (SSSR count). The Labute approximate surface area is 212 Å². The summed E-state index contributed by atoms with van der Waals surface area (Å²) in [7, 11) is 1.79. The Bertz CT molecular complexity index is 972. The summed E-state index contributed by atoms with van der Waals surface area (Å²) in [6, 6.07) is 5.35. The van der Waals surface area contributed by atoms with E-state index in [2.05, 4.69) is 10.6 Å². The molecule has 0 unspecified atom stereocenters. The molecule has 3 fully saturated rings. The maximum absolute atomic E-state index is 13.4. The van der Waals surface area contributed by atoms with E-state index < -0.39 is 0 Å². The number of benzene rings is 1. The van der Waals surface area contributed by atoms with Crippen LogP contribution in [0.4, 0.5) is 5.69 Å². The number of carbonyl (C=O) groups is 3. The van der Waals surface area contributed by atoms with Crippen LogP contribution in [-0.2, 0) is 19.1 Å². The minimum Gasteiger partial charge on any atom is -0.490 e. The molecule has 3 aliphatic heterocycles. The first-order valence-electron chi connectivity index (χ1n) is 13.4. The summed E-state index contributed by atoms with van der Waals surface area (Å²) in [5, 5.41) is 6.09. The third-order valence-corrected chi connectivity index (χ3v) is 8.00. The van der Waals surface area contributed by atoms with E-state index in [0.717, 1.165) is 19.3 Å². The number of fused-ring (bicyclic) bond motifs is 2. The molecule has 1 aromatic rings. The van der Waals surface area contributed by atoms with E-state index in [0.29, 0.717) is 68.5 Å². The van der Waals surface area contributed by atoms with Crippen LogP contribution in [0.25, 0.3) is 0 Å². The molecule has 0 bridgehead atoms. The van der Waals surface area contributed by atoms with Gasteiger partial charge in [0.2, 0.25) is 11.8 Å². The number of amides is 3. The highest BCUT2D eigenvalue weighted by atomic mass is 16.5. The fourth-order valence-corrected chi connectivity index (χ4v) is 5.87. The van der Waals surface area contributed by atoms with E-state index in [9.17, 15) is 14.4 Å². The highest BCUT2D eigenvalue weighted by Gasteiger charge is 2.39. The second-order valence-electron chi connectivity index (χ2n) is 10.5. The van der Waals surface area contributed by atoms with E-state index in [4.69, 9.17) is 14.2 Å². The van der Waals surface area contributed by atoms with Gasteiger partial charge >= 0.3 is 0 Å². The molecule has 3 heterocycles. The Morgan fingerprint density at radius 1 is 1.06 bits per heavy atom. The summed E-state index contributed by atoms with van der Waals surface area (Å²) in [6.45, 7) is 1.48. The summed E-state index contributed by atoms with van der Waals surface area (Å²) in [4.78, 5) is 40.3. The molecule has 3 amide bonds. The van der Waals surface area contributed by atoms with Gasteiger partial charge in [-0.1, -0.05) is 12.8 Å². The SMILES string of the molecule is CN1C(=O)c2cc(NC(=O)C3CCOCC3)ccc2OC[C@H]2O[C@H](CC(=O)NC3CCCC3)CC[C@@H]21. The van der Waals surface area contributed by atoms with Gasteiger partial charge in [0.15, 0.2) is 0 Å². The van der Waals surface area contributed by atoms with Crippen LogP contribution in [-0.4, -0.2) is 73.8 Å². The van der Waals surface area contributed by atoms with Crippen LogP contribution < -0.4 is 15.4 Å². The van der Waals surface area contributed by atoms with E-state index in [1.54, 1.807) is 30.1 Å². The number of nitrogens with one attached hydrogen (secondary N) is 2. The predicted octanol–water partition coefficient (Wildman–Crippen LogP) is 2.88. The molecule has 1 saturated carbocycles. The van der Waals surface area contributed by atoms with Gasteiger partial charge in [0.1, 0.15) is 18.5 Å². The van der Waals surface area contributed by atoms with Crippen LogP contribution >= 0.6 is 0 Å². The first-order chi connectivity index (χ1) is 17.5. The molecule has 2 N–H and O–H groups in total. The molecule has 1 aliphatic carbocycles. The van der Waals surface area contributed by atoms with Crippen molar-refractivity contribution in [3.05, 3.63) is 23.8 Å². The molecule has 9 nitrogen and oxygen atoms in total. The Kier molecular flexibility index (Phi) is 7.76. The summed E-state index contributed by atoms with van der Waals surface area (Å²) in [6.07, 6.45) is 7.19. The van der Waals surface area contributed by atoms with Gasteiger partial charge in [-0.3, -0.25) is 14.4 Å². The molecule has 2 saturated heterocycles. The maximum Gasteiger partial charge on any atom is 0.257 e. The largest absolute Gasteiger partial charge is 0.490 e. The van der Waals surface area contributed by atoms with Crippen LogP contribution in [0.3, 0.4) is 0 Å². The van der Waals surface area contributed by atoms with Gasteiger partial charge < -0.3 is 29.7 Å². The molecule has 196 valence electrons. The molecule has 0 aromatic heterocycles. The molecule has 9 heteroatoms. The molecule has 4 aliphatic rings. The van der Waals surface area contributed by atoms with Gasteiger partial charge in [-0.2, -0.15) is 0 Å². The van der Waals surface area contributed by atoms with E-state index in [1.807, 2.05) is 0 Å². The Morgan fingerprint density at radius 3 is 2.61 bits per heavy atom. The Hall–Kier alpha value is -2.65. The second kappa shape index (κ2) is 11.2. The lowest BCUT2D eigenvalue weighted by Crippen LogP contribution is -2.54.